The Kier molecular flexibility index (Phi) is 9.88. The molecule has 292 valence electrons. The lowest BCUT2D eigenvalue weighted by atomic mass is 9.34. The first-order chi connectivity index (χ1) is 25.1. The number of nitrogens with zero attached hydrogens (tertiary/aromatic N) is 4. The second-order valence-corrected chi connectivity index (χ2v) is 19.4. The van der Waals surface area contributed by atoms with Gasteiger partial charge in [-0.2, -0.15) is 5.10 Å². The van der Waals surface area contributed by atoms with E-state index in [1.165, 1.54) is 5.57 Å². The molecular formula is C44H67N5O4. The fourth-order valence-corrected chi connectivity index (χ4v) is 13.5. The molecule has 9 heteroatoms. The standard InChI is InChI=1S/C44H67N5O4/c1-11-43(12-2,45-10)25-53-36-33(49-37(47-27-48-49)30-16-21-46-22-17-30)23-44-26-52-24-40(36,7)34(44)14-13-31-32(44)15-18-42(9)35(38(50)51)39(6,29(5)28(3)4)19-20-41(31,42)8/h15-17,21-22,27-29,31,33-36,45H,11-14,18-20,23-26H2,1-10H3,(H,50,51)/t29-,31+,33-,34+,35-,36+,39?,40-,41?,42+,44+/m1/s1. The molecular weight excluding hydrogens is 663 g/mol. The van der Waals surface area contributed by atoms with Crippen molar-refractivity contribution in [2.45, 2.75) is 131 Å². The predicted octanol–water partition coefficient (Wildman–Crippen LogP) is 8.63. The molecule has 2 aromatic rings. The normalized spacial score (nSPS) is 40.1. The van der Waals surface area contributed by atoms with E-state index in [1.54, 1.807) is 6.33 Å². The maximum Gasteiger partial charge on any atom is 0.307 e. The summed E-state index contributed by atoms with van der Waals surface area (Å²) >= 11 is 0. The molecule has 53 heavy (non-hydrogen) atoms. The zero-order valence-electron chi connectivity index (χ0n) is 34.2. The van der Waals surface area contributed by atoms with Gasteiger partial charge in [-0.1, -0.05) is 74.0 Å². The highest BCUT2D eigenvalue weighted by Crippen LogP contribution is 2.75. The summed E-state index contributed by atoms with van der Waals surface area (Å²) in [6.45, 7) is 22.8. The van der Waals surface area contributed by atoms with Crippen LogP contribution in [0.5, 0.6) is 0 Å². The fraction of sp³-hybridized carbons (Fsp3) is 0.773. The first-order valence-corrected chi connectivity index (χ1v) is 20.7. The van der Waals surface area contributed by atoms with E-state index in [0.717, 1.165) is 62.8 Å². The minimum atomic E-state index is -0.616. The van der Waals surface area contributed by atoms with E-state index < -0.39 is 11.9 Å². The number of carboxylic acids is 1. The molecule has 2 unspecified atom stereocenters. The zero-order valence-corrected chi connectivity index (χ0v) is 34.2. The van der Waals surface area contributed by atoms with Gasteiger partial charge in [-0.25, -0.2) is 9.67 Å². The summed E-state index contributed by atoms with van der Waals surface area (Å²) < 4.78 is 16.3. The number of aromatic nitrogens is 4. The number of allylic oxidation sites excluding steroid dienone is 1. The van der Waals surface area contributed by atoms with Crippen molar-refractivity contribution in [1.82, 2.24) is 25.1 Å². The summed E-state index contributed by atoms with van der Waals surface area (Å²) in [5.74, 6) is 1.23. The quantitative estimate of drug-likeness (QED) is 0.221. The summed E-state index contributed by atoms with van der Waals surface area (Å²) in [4.78, 5) is 22.7. The molecule has 2 bridgehead atoms. The average molecular weight is 730 g/mol. The number of aliphatic carboxylic acids is 1. The number of fused-ring (bicyclic) bond motifs is 3. The van der Waals surface area contributed by atoms with Crippen LogP contribution >= 0.6 is 0 Å². The van der Waals surface area contributed by atoms with Crippen molar-refractivity contribution in [3.63, 3.8) is 0 Å². The fourth-order valence-electron chi connectivity index (χ4n) is 13.5. The van der Waals surface area contributed by atoms with E-state index in [9.17, 15) is 9.90 Å². The molecule has 7 rings (SSSR count). The molecule has 0 spiro atoms. The largest absolute Gasteiger partial charge is 0.481 e. The van der Waals surface area contributed by atoms with Crippen LogP contribution in [0.15, 0.2) is 42.5 Å². The number of carboxylic acid groups (broad SMARTS) is 1. The third kappa shape index (κ3) is 5.47. The number of likely N-dealkylation sites (N-methyl/N-ethyl adjacent to an activating group) is 1. The smallest absolute Gasteiger partial charge is 0.307 e. The first kappa shape index (κ1) is 38.6. The van der Waals surface area contributed by atoms with Gasteiger partial charge < -0.3 is 19.9 Å². The van der Waals surface area contributed by atoms with E-state index in [-0.39, 0.29) is 44.8 Å². The molecule has 2 N–H and O–H groups in total. The lowest BCUT2D eigenvalue weighted by Crippen LogP contribution is -2.69. The molecule has 5 aliphatic rings. The number of rotatable bonds is 11. The van der Waals surface area contributed by atoms with Crippen LogP contribution in [0, 0.1) is 56.7 Å². The van der Waals surface area contributed by atoms with E-state index in [2.05, 4.69) is 90.4 Å². The summed E-state index contributed by atoms with van der Waals surface area (Å²) in [7, 11) is 2.06. The molecule has 1 saturated heterocycles. The molecule has 0 radical (unpaired) electrons. The Morgan fingerprint density at radius 3 is 2.43 bits per heavy atom. The highest BCUT2D eigenvalue weighted by atomic mass is 16.5. The molecule has 0 amide bonds. The molecule has 3 saturated carbocycles. The lowest BCUT2D eigenvalue weighted by Gasteiger charge is -2.71. The maximum atomic E-state index is 13.6. The molecule has 0 aromatic carbocycles. The highest BCUT2D eigenvalue weighted by molar-refractivity contribution is 5.73. The highest BCUT2D eigenvalue weighted by Gasteiger charge is 2.72. The second-order valence-electron chi connectivity index (χ2n) is 19.4. The Hall–Kier alpha value is -2.62. The molecule has 1 aliphatic heterocycles. The van der Waals surface area contributed by atoms with E-state index in [0.29, 0.717) is 43.5 Å². The van der Waals surface area contributed by atoms with Crippen LogP contribution in [0.4, 0.5) is 0 Å². The van der Waals surface area contributed by atoms with Gasteiger partial charge in [0.15, 0.2) is 5.82 Å². The van der Waals surface area contributed by atoms with Crippen molar-refractivity contribution in [3.05, 3.63) is 42.5 Å². The molecule has 11 atom stereocenters. The van der Waals surface area contributed by atoms with Gasteiger partial charge in [0, 0.05) is 34.3 Å². The number of pyridine rings is 1. The van der Waals surface area contributed by atoms with Crippen molar-refractivity contribution in [2.75, 3.05) is 26.9 Å². The van der Waals surface area contributed by atoms with Gasteiger partial charge in [0.25, 0.3) is 0 Å². The third-order valence-electron chi connectivity index (χ3n) is 17.3. The van der Waals surface area contributed by atoms with Gasteiger partial charge in [-0.05, 0) is 110 Å². The van der Waals surface area contributed by atoms with Gasteiger partial charge in [-0.3, -0.25) is 9.78 Å². The minimum Gasteiger partial charge on any atom is -0.481 e. The zero-order chi connectivity index (χ0) is 38.2. The Morgan fingerprint density at radius 1 is 1.08 bits per heavy atom. The Balaban J connectivity index is 1.35. The molecule has 2 aromatic heterocycles. The monoisotopic (exact) mass is 730 g/mol. The average Bonchev–Trinajstić information content (AvgIpc) is 3.63. The third-order valence-corrected chi connectivity index (χ3v) is 17.3. The van der Waals surface area contributed by atoms with E-state index >= 15 is 0 Å². The van der Waals surface area contributed by atoms with Crippen LogP contribution in [0.1, 0.15) is 120 Å². The predicted molar refractivity (Wildman–Crippen MR) is 208 cm³/mol. The van der Waals surface area contributed by atoms with E-state index in [4.69, 9.17) is 19.6 Å². The number of hydrogen-bond acceptors (Lipinski definition) is 7. The Bertz CT molecular complexity index is 1680. The Morgan fingerprint density at radius 2 is 1.79 bits per heavy atom. The van der Waals surface area contributed by atoms with Gasteiger partial charge in [0.05, 0.1) is 37.9 Å². The summed E-state index contributed by atoms with van der Waals surface area (Å²) in [6, 6.07) is 3.97. The van der Waals surface area contributed by atoms with Gasteiger partial charge in [-0.15, -0.1) is 0 Å². The minimum absolute atomic E-state index is 0.0665. The lowest BCUT2D eigenvalue weighted by molar-refractivity contribution is -0.252. The van der Waals surface area contributed by atoms with Crippen LogP contribution in [0.2, 0.25) is 0 Å². The summed E-state index contributed by atoms with van der Waals surface area (Å²) in [6.07, 6.45) is 15.5. The second kappa shape index (κ2) is 13.5. The Labute approximate surface area is 318 Å². The van der Waals surface area contributed by atoms with Crippen LogP contribution in [-0.4, -0.2) is 69.3 Å². The van der Waals surface area contributed by atoms with Crippen molar-refractivity contribution in [1.29, 1.82) is 0 Å². The number of carbonyl (C=O) groups is 1. The maximum absolute atomic E-state index is 13.6. The first-order valence-electron chi connectivity index (χ1n) is 20.7. The van der Waals surface area contributed by atoms with Crippen molar-refractivity contribution < 1.29 is 19.4 Å². The SMILES string of the molecule is CCC(CC)(CO[C@H]1[C@H](n2ncnc2-c2ccncc2)C[C@@]23COC[C@]1(C)[C@@H]2CC[C@H]1C3=CC[C@@]2(C)[C@H](C(=O)O)C(C)([C@H](C)C(C)C)CCC12C)NC. The van der Waals surface area contributed by atoms with Crippen LogP contribution < -0.4 is 5.32 Å². The molecule has 3 heterocycles. The van der Waals surface area contributed by atoms with Crippen molar-refractivity contribution in [2.24, 2.45) is 56.7 Å². The number of ether oxygens (including phenoxy) is 2. The van der Waals surface area contributed by atoms with Crippen LogP contribution in [0.25, 0.3) is 11.4 Å². The number of hydrogen-bond donors (Lipinski definition) is 2. The molecule has 4 aliphatic carbocycles. The summed E-state index contributed by atoms with van der Waals surface area (Å²) in [5, 5.41) is 19.8. The van der Waals surface area contributed by atoms with E-state index in [1.807, 2.05) is 24.5 Å². The van der Waals surface area contributed by atoms with Crippen LogP contribution in [-0.2, 0) is 14.3 Å². The van der Waals surface area contributed by atoms with Crippen LogP contribution in [0.3, 0.4) is 0 Å². The molecule has 9 nitrogen and oxygen atoms in total. The number of nitrogens with one attached hydrogen (secondary N) is 1. The van der Waals surface area contributed by atoms with Crippen molar-refractivity contribution >= 4 is 5.97 Å². The van der Waals surface area contributed by atoms with Crippen molar-refractivity contribution in [3.8, 4) is 11.4 Å². The molecule has 4 fully saturated rings. The van der Waals surface area contributed by atoms with Gasteiger partial charge in [0.1, 0.15) is 6.33 Å². The topological polar surface area (TPSA) is 111 Å². The summed E-state index contributed by atoms with van der Waals surface area (Å²) in [5.41, 5.74) is 1.18. The van der Waals surface area contributed by atoms with Gasteiger partial charge in [0.2, 0.25) is 0 Å². The van der Waals surface area contributed by atoms with Gasteiger partial charge >= 0.3 is 5.97 Å².